The van der Waals surface area contributed by atoms with Crippen molar-refractivity contribution in [1.82, 2.24) is 10.2 Å². The second-order valence-corrected chi connectivity index (χ2v) is 7.27. The van der Waals surface area contributed by atoms with Crippen LogP contribution in [0.25, 0.3) is 0 Å². The lowest BCUT2D eigenvalue weighted by Gasteiger charge is -2.39. The molecule has 1 heterocycles. The molecule has 2 unspecified atom stereocenters. The van der Waals surface area contributed by atoms with E-state index >= 15 is 0 Å². The van der Waals surface area contributed by atoms with Gasteiger partial charge < -0.3 is 15.3 Å². The van der Waals surface area contributed by atoms with Gasteiger partial charge in [-0.1, -0.05) is 26.7 Å². The number of nitrogens with one attached hydrogen (secondary N) is 1. The predicted molar refractivity (Wildman–Crippen MR) is 81.1 cm³/mol. The maximum atomic E-state index is 12.4. The van der Waals surface area contributed by atoms with Crippen molar-refractivity contribution in [2.75, 3.05) is 13.1 Å². The minimum Gasteiger partial charge on any atom is -0.481 e. The molecular formula is C16H28N2O3. The molecule has 1 saturated heterocycles. The van der Waals surface area contributed by atoms with Crippen LogP contribution in [-0.4, -0.2) is 41.1 Å². The highest BCUT2D eigenvalue weighted by Gasteiger charge is 2.46. The Balaban J connectivity index is 1.92. The summed E-state index contributed by atoms with van der Waals surface area (Å²) in [7, 11) is 0. The van der Waals surface area contributed by atoms with Gasteiger partial charge in [0.2, 0.25) is 0 Å². The molecule has 5 heteroatoms. The number of nitrogens with zero attached hydrogens (tertiary/aromatic N) is 1. The fourth-order valence-corrected chi connectivity index (χ4v) is 3.50. The average molecular weight is 296 g/mol. The van der Waals surface area contributed by atoms with Gasteiger partial charge in [0.25, 0.3) is 0 Å². The van der Waals surface area contributed by atoms with Gasteiger partial charge in [0.05, 0.1) is 5.41 Å². The van der Waals surface area contributed by atoms with Crippen LogP contribution in [0.5, 0.6) is 0 Å². The van der Waals surface area contributed by atoms with Crippen LogP contribution < -0.4 is 5.32 Å². The van der Waals surface area contributed by atoms with E-state index in [1.54, 1.807) is 6.92 Å². The molecule has 0 radical (unpaired) electrons. The third-order valence-electron chi connectivity index (χ3n) is 5.86. The van der Waals surface area contributed by atoms with Gasteiger partial charge in [-0.3, -0.25) is 4.79 Å². The Morgan fingerprint density at radius 1 is 1.24 bits per heavy atom. The molecule has 1 aliphatic heterocycles. The van der Waals surface area contributed by atoms with Gasteiger partial charge in [0, 0.05) is 19.1 Å². The lowest BCUT2D eigenvalue weighted by Crippen LogP contribution is -2.53. The molecule has 2 amide bonds. The summed E-state index contributed by atoms with van der Waals surface area (Å²) in [4.78, 5) is 25.7. The smallest absolute Gasteiger partial charge is 0.317 e. The van der Waals surface area contributed by atoms with E-state index in [4.69, 9.17) is 0 Å². The van der Waals surface area contributed by atoms with Crippen LogP contribution >= 0.6 is 0 Å². The number of aliphatic carboxylic acids is 1. The minimum atomic E-state index is -0.816. The fourth-order valence-electron chi connectivity index (χ4n) is 3.50. The molecule has 5 nitrogen and oxygen atoms in total. The van der Waals surface area contributed by atoms with Crippen molar-refractivity contribution in [3.05, 3.63) is 0 Å². The predicted octanol–water partition coefficient (Wildman–Crippen LogP) is 2.85. The highest BCUT2D eigenvalue weighted by atomic mass is 16.4. The zero-order chi connectivity index (χ0) is 15.7. The first-order valence-electron chi connectivity index (χ1n) is 8.09. The first-order chi connectivity index (χ1) is 9.81. The summed E-state index contributed by atoms with van der Waals surface area (Å²) < 4.78 is 0. The molecule has 120 valence electrons. The van der Waals surface area contributed by atoms with Crippen molar-refractivity contribution >= 4 is 12.0 Å². The number of carboxylic acids is 1. The SMILES string of the molecule is CCC1(C)CCN(C(=O)NC2CCCC2(C)C(=O)O)CC1. The van der Waals surface area contributed by atoms with Crippen molar-refractivity contribution in [3.63, 3.8) is 0 Å². The maximum absolute atomic E-state index is 12.4. The standard InChI is InChI=1S/C16H28N2O3/c1-4-15(2)8-10-18(11-9-15)14(21)17-12-6-5-7-16(12,3)13(19)20/h12H,4-11H2,1-3H3,(H,17,21)(H,19,20). The van der Waals surface area contributed by atoms with Gasteiger partial charge in [-0.25, -0.2) is 4.79 Å². The van der Waals surface area contributed by atoms with Gasteiger partial charge in [0.15, 0.2) is 0 Å². The van der Waals surface area contributed by atoms with Crippen LogP contribution in [0.4, 0.5) is 4.79 Å². The highest BCUT2D eigenvalue weighted by Crippen LogP contribution is 2.38. The third kappa shape index (κ3) is 3.16. The van der Waals surface area contributed by atoms with Gasteiger partial charge in [-0.05, 0) is 38.0 Å². The Morgan fingerprint density at radius 3 is 2.38 bits per heavy atom. The molecule has 2 fully saturated rings. The summed E-state index contributed by atoms with van der Waals surface area (Å²) in [5.41, 5.74) is -0.469. The summed E-state index contributed by atoms with van der Waals surface area (Å²) in [6.45, 7) is 7.77. The molecule has 21 heavy (non-hydrogen) atoms. The van der Waals surface area contributed by atoms with Crippen molar-refractivity contribution in [2.24, 2.45) is 10.8 Å². The number of rotatable bonds is 3. The molecule has 2 N–H and O–H groups in total. The van der Waals surface area contributed by atoms with E-state index in [0.29, 0.717) is 11.8 Å². The molecule has 0 aromatic carbocycles. The molecular weight excluding hydrogens is 268 g/mol. The normalized spacial score (nSPS) is 32.0. The van der Waals surface area contributed by atoms with Crippen LogP contribution in [0.2, 0.25) is 0 Å². The molecule has 0 aromatic heterocycles. The lowest BCUT2D eigenvalue weighted by molar-refractivity contribution is -0.148. The number of carbonyl (C=O) groups is 2. The monoisotopic (exact) mass is 296 g/mol. The van der Waals surface area contributed by atoms with E-state index in [9.17, 15) is 14.7 Å². The summed E-state index contributed by atoms with van der Waals surface area (Å²) in [5.74, 6) is -0.803. The van der Waals surface area contributed by atoms with Crippen molar-refractivity contribution in [3.8, 4) is 0 Å². The highest BCUT2D eigenvalue weighted by molar-refractivity contribution is 5.79. The molecule has 0 spiro atoms. The molecule has 0 bridgehead atoms. The minimum absolute atomic E-state index is 0.0903. The first kappa shape index (κ1) is 16.1. The summed E-state index contributed by atoms with van der Waals surface area (Å²) in [6.07, 6.45) is 5.45. The fraction of sp³-hybridized carbons (Fsp3) is 0.875. The van der Waals surface area contributed by atoms with Crippen LogP contribution in [0.15, 0.2) is 0 Å². The van der Waals surface area contributed by atoms with E-state index in [2.05, 4.69) is 19.2 Å². The number of likely N-dealkylation sites (tertiary alicyclic amines) is 1. The first-order valence-corrected chi connectivity index (χ1v) is 8.09. The van der Waals surface area contributed by atoms with Crippen LogP contribution in [0.1, 0.15) is 59.3 Å². The Hall–Kier alpha value is -1.26. The summed E-state index contributed by atoms with van der Waals surface area (Å²) >= 11 is 0. The number of hydrogen-bond donors (Lipinski definition) is 2. The van der Waals surface area contributed by atoms with E-state index < -0.39 is 11.4 Å². The number of carboxylic acid groups (broad SMARTS) is 1. The van der Waals surface area contributed by atoms with Gasteiger partial charge in [0.1, 0.15) is 0 Å². The maximum Gasteiger partial charge on any atom is 0.317 e. The van der Waals surface area contributed by atoms with Crippen LogP contribution in [0.3, 0.4) is 0 Å². The number of piperidine rings is 1. The summed E-state index contributed by atoms with van der Waals surface area (Å²) in [5, 5.41) is 12.4. The number of carbonyl (C=O) groups excluding carboxylic acids is 1. The van der Waals surface area contributed by atoms with Crippen molar-refractivity contribution < 1.29 is 14.7 Å². The summed E-state index contributed by atoms with van der Waals surface area (Å²) in [6, 6.07) is -0.338. The largest absolute Gasteiger partial charge is 0.481 e. The van der Waals surface area contributed by atoms with Gasteiger partial charge in [-0.15, -0.1) is 0 Å². The molecule has 2 atom stereocenters. The lowest BCUT2D eigenvalue weighted by atomic mass is 9.78. The van der Waals surface area contributed by atoms with Crippen molar-refractivity contribution in [1.29, 1.82) is 0 Å². The zero-order valence-electron chi connectivity index (χ0n) is 13.4. The number of hydrogen-bond acceptors (Lipinski definition) is 2. The van der Waals surface area contributed by atoms with E-state index in [1.807, 2.05) is 4.90 Å². The third-order valence-corrected chi connectivity index (χ3v) is 5.86. The Bertz CT molecular complexity index is 416. The number of urea groups is 1. The molecule has 1 aliphatic carbocycles. The van der Waals surface area contributed by atoms with Gasteiger partial charge in [-0.2, -0.15) is 0 Å². The Kier molecular flexibility index (Phi) is 4.49. The van der Waals surface area contributed by atoms with E-state index in [0.717, 1.165) is 45.2 Å². The number of amides is 2. The Labute approximate surface area is 127 Å². The second-order valence-electron chi connectivity index (χ2n) is 7.27. The van der Waals surface area contributed by atoms with Crippen LogP contribution in [-0.2, 0) is 4.79 Å². The van der Waals surface area contributed by atoms with Crippen molar-refractivity contribution in [2.45, 2.75) is 65.3 Å². The van der Waals surface area contributed by atoms with Crippen LogP contribution in [0, 0.1) is 10.8 Å². The zero-order valence-corrected chi connectivity index (χ0v) is 13.4. The Morgan fingerprint density at radius 2 is 1.86 bits per heavy atom. The molecule has 2 aliphatic rings. The average Bonchev–Trinajstić information content (AvgIpc) is 2.82. The van der Waals surface area contributed by atoms with Gasteiger partial charge >= 0.3 is 12.0 Å². The van der Waals surface area contributed by atoms with E-state index in [-0.39, 0.29) is 12.1 Å². The topological polar surface area (TPSA) is 69.6 Å². The quantitative estimate of drug-likeness (QED) is 0.841. The second kappa shape index (κ2) is 5.85. The molecule has 2 rings (SSSR count). The molecule has 0 aromatic rings. The van der Waals surface area contributed by atoms with E-state index in [1.165, 1.54) is 0 Å². The molecule has 1 saturated carbocycles.